The van der Waals surface area contributed by atoms with Crippen molar-refractivity contribution in [3.05, 3.63) is 16.7 Å². The largest absolute Gasteiger partial charge is 0.475 e. The highest BCUT2D eigenvalue weighted by atomic mass is 32.2. The zero-order valence-corrected chi connectivity index (χ0v) is 17.5. The second-order valence-electron chi connectivity index (χ2n) is 6.07. The van der Waals surface area contributed by atoms with Crippen molar-refractivity contribution in [2.75, 3.05) is 58.5 Å². The van der Waals surface area contributed by atoms with Gasteiger partial charge in [0.15, 0.2) is 0 Å². The number of rotatable bonds is 11. The summed E-state index contributed by atoms with van der Waals surface area (Å²) in [6.45, 7) is 8.60. The quantitative estimate of drug-likeness (QED) is 0.432. The van der Waals surface area contributed by atoms with Gasteiger partial charge >= 0.3 is 0 Å². The number of aromatic nitrogens is 2. The molecule has 0 spiro atoms. The number of ether oxygens (including phenoxy) is 2. The van der Waals surface area contributed by atoms with Crippen LogP contribution in [0.25, 0.3) is 6.08 Å². The van der Waals surface area contributed by atoms with Crippen LogP contribution in [0.3, 0.4) is 0 Å². The van der Waals surface area contributed by atoms with Crippen molar-refractivity contribution in [3.8, 4) is 5.88 Å². The molecule has 2 rings (SSSR count). The Bertz CT molecular complexity index is 724. The summed E-state index contributed by atoms with van der Waals surface area (Å²) in [5.74, 6) is 0.453. The van der Waals surface area contributed by atoms with Gasteiger partial charge in [0.1, 0.15) is 6.61 Å². The molecule has 0 aliphatic carbocycles. The summed E-state index contributed by atoms with van der Waals surface area (Å²) in [6, 6.07) is 1.64. The van der Waals surface area contributed by atoms with Crippen molar-refractivity contribution in [1.82, 2.24) is 20.2 Å². The van der Waals surface area contributed by atoms with E-state index in [1.54, 1.807) is 19.3 Å². The SMILES string of the molecule is CCN(CC)CCN(C)c1nc(/C=C2\SC(=O)NC2=O)cc(OCCOC)n1. The first-order valence-electron chi connectivity index (χ1n) is 9.16. The van der Waals surface area contributed by atoms with Crippen molar-refractivity contribution in [3.63, 3.8) is 0 Å². The summed E-state index contributed by atoms with van der Waals surface area (Å²) < 4.78 is 10.6. The van der Waals surface area contributed by atoms with Crippen LogP contribution in [0.5, 0.6) is 5.88 Å². The summed E-state index contributed by atoms with van der Waals surface area (Å²) in [6.07, 6.45) is 1.57. The predicted molar refractivity (Wildman–Crippen MR) is 110 cm³/mol. The topological polar surface area (TPSA) is 96.9 Å². The summed E-state index contributed by atoms with van der Waals surface area (Å²) >= 11 is 0.850. The Balaban J connectivity index is 2.22. The Morgan fingerprint density at radius 1 is 1.18 bits per heavy atom. The maximum atomic E-state index is 11.8. The monoisotopic (exact) mass is 409 g/mol. The van der Waals surface area contributed by atoms with Crippen LogP contribution in [-0.4, -0.2) is 79.6 Å². The highest BCUT2D eigenvalue weighted by Gasteiger charge is 2.25. The molecule has 0 radical (unpaired) electrons. The number of nitrogens with one attached hydrogen (secondary N) is 1. The van der Waals surface area contributed by atoms with E-state index in [1.807, 2.05) is 11.9 Å². The van der Waals surface area contributed by atoms with Crippen LogP contribution >= 0.6 is 11.8 Å². The third-order valence-electron chi connectivity index (χ3n) is 4.16. The molecule has 2 amide bonds. The summed E-state index contributed by atoms with van der Waals surface area (Å²) in [5, 5.41) is 1.85. The fourth-order valence-corrected chi connectivity index (χ4v) is 3.13. The maximum Gasteiger partial charge on any atom is 0.290 e. The molecule has 1 aromatic heterocycles. The molecular weight excluding hydrogens is 382 g/mol. The highest BCUT2D eigenvalue weighted by molar-refractivity contribution is 8.18. The smallest absolute Gasteiger partial charge is 0.290 e. The molecule has 154 valence electrons. The second-order valence-corrected chi connectivity index (χ2v) is 7.09. The number of thioether (sulfide) groups is 1. The van der Waals surface area contributed by atoms with Crippen molar-refractivity contribution in [2.45, 2.75) is 13.8 Å². The molecule has 1 aliphatic rings. The van der Waals surface area contributed by atoms with Gasteiger partial charge in [-0.25, -0.2) is 4.98 Å². The molecule has 0 aromatic carbocycles. The molecule has 10 heteroatoms. The minimum absolute atomic E-state index is 0.295. The molecule has 0 atom stereocenters. The molecule has 1 aromatic rings. The van der Waals surface area contributed by atoms with Gasteiger partial charge in [0.25, 0.3) is 11.1 Å². The van der Waals surface area contributed by atoms with Gasteiger partial charge in [-0.1, -0.05) is 13.8 Å². The van der Waals surface area contributed by atoms with E-state index in [0.29, 0.717) is 35.6 Å². The first-order valence-corrected chi connectivity index (χ1v) is 9.97. The van der Waals surface area contributed by atoms with Gasteiger partial charge in [0, 0.05) is 33.3 Å². The number of likely N-dealkylation sites (N-methyl/N-ethyl adjacent to an activating group) is 2. The number of carbonyl (C=O) groups excluding carboxylic acids is 2. The van der Waals surface area contributed by atoms with E-state index in [9.17, 15) is 9.59 Å². The fraction of sp³-hybridized carbons (Fsp3) is 0.556. The molecule has 0 unspecified atom stereocenters. The summed E-state index contributed by atoms with van der Waals surface area (Å²) in [7, 11) is 3.51. The van der Waals surface area contributed by atoms with E-state index in [2.05, 4.69) is 34.0 Å². The number of hydrogen-bond acceptors (Lipinski definition) is 9. The molecular formula is C18H27N5O4S. The average molecular weight is 410 g/mol. The molecule has 1 fully saturated rings. The molecule has 1 saturated heterocycles. The fourth-order valence-electron chi connectivity index (χ4n) is 2.46. The first-order chi connectivity index (χ1) is 13.5. The lowest BCUT2D eigenvalue weighted by Gasteiger charge is -2.23. The molecule has 9 nitrogen and oxygen atoms in total. The minimum Gasteiger partial charge on any atom is -0.475 e. The van der Waals surface area contributed by atoms with Crippen LogP contribution in [0.4, 0.5) is 10.7 Å². The number of imide groups is 1. The van der Waals surface area contributed by atoms with E-state index in [1.165, 1.54) is 0 Å². The van der Waals surface area contributed by atoms with Gasteiger partial charge in [-0.2, -0.15) is 4.98 Å². The lowest BCUT2D eigenvalue weighted by atomic mass is 10.3. The van der Waals surface area contributed by atoms with Crippen molar-refractivity contribution in [1.29, 1.82) is 0 Å². The first kappa shape index (κ1) is 22.1. The van der Waals surface area contributed by atoms with E-state index < -0.39 is 11.1 Å². The van der Waals surface area contributed by atoms with Crippen LogP contribution in [0.15, 0.2) is 11.0 Å². The Morgan fingerprint density at radius 2 is 1.93 bits per heavy atom. The van der Waals surface area contributed by atoms with Gasteiger partial charge in [0.2, 0.25) is 11.8 Å². The van der Waals surface area contributed by atoms with E-state index in [-0.39, 0.29) is 0 Å². The highest BCUT2D eigenvalue weighted by Crippen LogP contribution is 2.26. The van der Waals surface area contributed by atoms with Crippen LogP contribution in [0.1, 0.15) is 19.5 Å². The minimum atomic E-state index is -0.424. The summed E-state index contributed by atoms with van der Waals surface area (Å²) in [4.78, 5) is 36.7. The van der Waals surface area contributed by atoms with Gasteiger partial charge in [-0.05, 0) is 30.9 Å². The maximum absolute atomic E-state index is 11.8. The van der Waals surface area contributed by atoms with Crippen LogP contribution in [0.2, 0.25) is 0 Å². The Hall–Kier alpha value is -2.17. The van der Waals surface area contributed by atoms with Crippen molar-refractivity contribution < 1.29 is 19.1 Å². The van der Waals surface area contributed by atoms with Gasteiger partial charge < -0.3 is 19.3 Å². The van der Waals surface area contributed by atoms with Gasteiger partial charge in [0.05, 0.1) is 17.2 Å². The van der Waals surface area contributed by atoms with Crippen LogP contribution in [0, 0.1) is 0 Å². The molecule has 0 saturated carbocycles. The average Bonchev–Trinajstić information content (AvgIpc) is 2.99. The van der Waals surface area contributed by atoms with E-state index >= 15 is 0 Å². The zero-order chi connectivity index (χ0) is 20.5. The number of hydrogen-bond donors (Lipinski definition) is 1. The Kier molecular flexibility index (Phi) is 8.68. The molecule has 2 heterocycles. The van der Waals surface area contributed by atoms with Crippen molar-refractivity contribution in [2.24, 2.45) is 0 Å². The Morgan fingerprint density at radius 3 is 2.54 bits per heavy atom. The van der Waals surface area contributed by atoms with Gasteiger partial charge in [-0.3, -0.25) is 14.9 Å². The number of amides is 2. The Labute approximate surface area is 169 Å². The predicted octanol–water partition coefficient (Wildman–Crippen LogP) is 1.60. The number of carbonyl (C=O) groups is 2. The van der Waals surface area contributed by atoms with E-state index in [0.717, 1.165) is 37.9 Å². The molecule has 0 bridgehead atoms. The van der Waals surface area contributed by atoms with Crippen LogP contribution in [-0.2, 0) is 9.53 Å². The zero-order valence-electron chi connectivity index (χ0n) is 16.7. The van der Waals surface area contributed by atoms with Crippen molar-refractivity contribution >= 4 is 34.9 Å². The number of anilines is 1. The standard InChI is InChI=1S/C18H27N5O4S/c1-5-23(6-2)8-7-22(3)17-19-13(11-14-16(24)21-18(25)28-14)12-15(20-17)27-10-9-26-4/h11-12H,5-10H2,1-4H3,(H,21,24,25)/b14-11-. The normalized spacial score (nSPS) is 15.4. The number of methoxy groups -OCH3 is 1. The third kappa shape index (κ3) is 6.47. The number of nitrogens with zero attached hydrogens (tertiary/aromatic N) is 4. The van der Waals surface area contributed by atoms with Crippen LogP contribution < -0.4 is 15.0 Å². The van der Waals surface area contributed by atoms with E-state index in [4.69, 9.17) is 9.47 Å². The molecule has 1 N–H and O–H groups in total. The summed E-state index contributed by atoms with van der Waals surface area (Å²) in [5.41, 5.74) is 0.499. The second kappa shape index (κ2) is 11.0. The molecule has 1 aliphatic heterocycles. The van der Waals surface area contributed by atoms with Gasteiger partial charge in [-0.15, -0.1) is 0 Å². The molecule has 28 heavy (non-hydrogen) atoms. The third-order valence-corrected chi connectivity index (χ3v) is 4.97. The lowest BCUT2D eigenvalue weighted by molar-refractivity contribution is -0.115. The lowest BCUT2D eigenvalue weighted by Crippen LogP contribution is -2.33.